The molecule has 0 N–H and O–H groups in total. The van der Waals surface area contributed by atoms with Crippen LogP contribution in [0, 0.1) is 35.5 Å². The van der Waals surface area contributed by atoms with Crippen molar-refractivity contribution in [3.8, 4) is 0 Å². The maximum Gasteiger partial charge on any atom is 0.0585 e. The lowest BCUT2D eigenvalue weighted by Crippen LogP contribution is -2.48. The first-order valence-corrected chi connectivity index (χ1v) is 12.9. The van der Waals surface area contributed by atoms with E-state index in [1.807, 2.05) is 0 Å². The molecule has 5 atom stereocenters. The summed E-state index contributed by atoms with van der Waals surface area (Å²) in [7, 11) is 0. The lowest BCUT2D eigenvalue weighted by Gasteiger charge is -2.45. The largest absolute Gasteiger partial charge is 0.290 e. The Kier molecular flexibility index (Phi) is 6.73. The molecule has 0 amide bonds. The Morgan fingerprint density at radius 3 is 2.18 bits per heavy atom. The summed E-state index contributed by atoms with van der Waals surface area (Å²) in [5, 5.41) is 8.33. The van der Waals surface area contributed by atoms with Crippen LogP contribution in [-0.2, 0) is 0 Å². The highest BCUT2D eigenvalue weighted by atomic mass is 15.5. The fourth-order valence-electron chi connectivity index (χ4n) is 7.24. The van der Waals surface area contributed by atoms with Gasteiger partial charge in [-0.25, -0.2) is 0 Å². The van der Waals surface area contributed by atoms with Crippen LogP contribution in [-0.4, -0.2) is 22.8 Å². The molecular formula is C26H46N2. The van der Waals surface area contributed by atoms with Crippen molar-refractivity contribution in [2.45, 2.75) is 123 Å². The van der Waals surface area contributed by atoms with Crippen molar-refractivity contribution in [2.75, 3.05) is 0 Å². The smallest absolute Gasteiger partial charge is 0.0585 e. The third-order valence-electron chi connectivity index (χ3n) is 9.11. The van der Waals surface area contributed by atoms with Gasteiger partial charge in [-0.1, -0.05) is 72.6 Å². The van der Waals surface area contributed by atoms with Gasteiger partial charge < -0.3 is 0 Å². The van der Waals surface area contributed by atoms with Crippen molar-refractivity contribution in [3.05, 3.63) is 0 Å². The van der Waals surface area contributed by atoms with E-state index in [4.69, 9.17) is 5.10 Å². The minimum absolute atomic E-state index is 0.709. The molecule has 0 spiro atoms. The molecule has 2 heteroatoms. The fourth-order valence-corrected chi connectivity index (χ4v) is 7.24. The van der Waals surface area contributed by atoms with Crippen molar-refractivity contribution in [2.24, 2.45) is 40.6 Å². The van der Waals surface area contributed by atoms with Gasteiger partial charge in [0.2, 0.25) is 0 Å². The van der Waals surface area contributed by atoms with E-state index in [1.54, 1.807) is 5.71 Å². The molecule has 0 radical (unpaired) electrons. The van der Waals surface area contributed by atoms with Gasteiger partial charge in [-0.15, -0.1) is 0 Å². The molecule has 0 saturated heterocycles. The normalized spacial score (nSPS) is 43.2. The molecule has 3 aliphatic carbocycles. The predicted molar refractivity (Wildman–Crippen MR) is 121 cm³/mol. The van der Waals surface area contributed by atoms with E-state index >= 15 is 0 Å². The van der Waals surface area contributed by atoms with Crippen molar-refractivity contribution < 1.29 is 0 Å². The van der Waals surface area contributed by atoms with E-state index < -0.39 is 0 Å². The van der Waals surface area contributed by atoms with Crippen LogP contribution in [0.5, 0.6) is 0 Å². The average molecular weight is 387 g/mol. The van der Waals surface area contributed by atoms with Crippen molar-refractivity contribution in [3.63, 3.8) is 0 Å². The fraction of sp³-hybridized carbons (Fsp3) is 0.962. The first kappa shape index (κ1) is 20.7. The van der Waals surface area contributed by atoms with E-state index in [2.05, 4.69) is 32.7 Å². The number of hydrogen-bond donors (Lipinski definition) is 0. The zero-order valence-corrected chi connectivity index (χ0v) is 19.2. The Hall–Kier alpha value is -0.530. The summed E-state index contributed by atoms with van der Waals surface area (Å²) in [6.07, 6.45) is 18.3. The van der Waals surface area contributed by atoms with E-state index in [0.717, 1.165) is 41.5 Å². The standard InChI is InChI=1S/C26H46N2/c1-5-23-25(21-15-12-18(2)13-16-21)27-28(22-9-7-6-8-10-22)26(23)24-17-19(3)11-14-20(24)4/h18-24,26H,5-17H2,1-4H3. The molecule has 3 saturated carbocycles. The SMILES string of the molecule is CCC1C(C2CCC(C)CC2)=NN(C2CCCCC2)C1C1CC(C)CCC1C. The Bertz CT molecular complexity index is 527. The summed E-state index contributed by atoms with van der Waals surface area (Å²) in [5.41, 5.74) is 1.65. The summed E-state index contributed by atoms with van der Waals surface area (Å²) in [5.74, 6) is 5.10. The average Bonchev–Trinajstić information content (AvgIpc) is 3.10. The number of hydrazone groups is 1. The summed E-state index contributed by atoms with van der Waals surface area (Å²) >= 11 is 0. The lowest BCUT2D eigenvalue weighted by atomic mass is 9.66. The monoisotopic (exact) mass is 386 g/mol. The van der Waals surface area contributed by atoms with Gasteiger partial charge in [0, 0.05) is 17.7 Å². The van der Waals surface area contributed by atoms with Crippen LogP contribution in [0.3, 0.4) is 0 Å². The predicted octanol–water partition coefficient (Wildman–Crippen LogP) is 7.28. The van der Waals surface area contributed by atoms with Crippen LogP contribution >= 0.6 is 0 Å². The molecule has 0 aromatic rings. The molecule has 4 rings (SSSR count). The Balaban J connectivity index is 1.61. The molecule has 2 nitrogen and oxygen atoms in total. The van der Waals surface area contributed by atoms with E-state index in [0.29, 0.717) is 6.04 Å². The summed E-state index contributed by atoms with van der Waals surface area (Å²) in [6.45, 7) is 9.97. The van der Waals surface area contributed by atoms with Gasteiger partial charge in [0.15, 0.2) is 0 Å². The van der Waals surface area contributed by atoms with Crippen LogP contribution in [0.1, 0.15) is 111 Å². The summed E-state index contributed by atoms with van der Waals surface area (Å²) in [6, 6.07) is 1.44. The molecule has 5 unspecified atom stereocenters. The zero-order chi connectivity index (χ0) is 19.7. The van der Waals surface area contributed by atoms with Crippen LogP contribution in [0.15, 0.2) is 5.10 Å². The molecule has 4 aliphatic rings. The number of nitrogens with zero attached hydrogens (tertiary/aromatic N) is 2. The van der Waals surface area contributed by atoms with Crippen molar-refractivity contribution in [1.29, 1.82) is 0 Å². The molecule has 160 valence electrons. The minimum Gasteiger partial charge on any atom is -0.290 e. The van der Waals surface area contributed by atoms with Crippen LogP contribution in [0.2, 0.25) is 0 Å². The van der Waals surface area contributed by atoms with E-state index in [1.165, 1.54) is 83.5 Å². The van der Waals surface area contributed by atoms with Gasteiger partial charge in [0.05, 0.1) is 6.04 Å². The second-order valence-electron chi connectivity index (χ2n) is 11.2. The quantitative estimate of drug-likeness (QED) is 0.495. The van der Waals surface area contributed by atoms with Gasteiger partial charge in [-0.2, -0.15) is 5.10 Å². The molecular weight excluding hydrogens is 340 g/mol. The Morgan fingerprint density at radius 2 is 1.50 bits per heavy atom. The second kappa shape index (κ2) is 9.09. The van der Waals surface area contributed by atoms with Gasteiger partial charge >= 0.3 is 0 Å². The van der Waals surface area contributed by atoms with Crippen LogP contribution < -0.4 is 0 Å². The van der Waals surface area contributed by atoms with Crippen LogP contribution in [0.4, 0.5) is 0 Å². The minimum atomic E-state index is 0.709. The molecule has 3 fully saturated rings. The van der Waals surface area contributed by atoms with Crippen LogP contribution in [0.25, 0.3) is 0 Å². The van der Waals surface area contributed by atoms with Gasteiger partial charge in [-0.05, 0) is 68.1 Å². The summed E-state index contributed by atoms with van der Waals surface area (Å²) < 4.78 is 0. The molecule has 1 heterocycles. The number of rotatable bonds is 4. The maximum atomic E-state index is 5.58. The molecule has 0 aromatic carbocycles. The highest BCUT2D eigenvalue weighted by Gasteiger charge is 2.48. The molecule has 0 aromatic heterocycles. The Labute approximate surface area is 174 Å². The molecule has 0 bridgehead atoms. The highest BCUT2D eigenvalue weighted by Crippen LogP contribution is 2.47. The van der Waals surface area contributed by atoms with Gasteiger partial charge in [0.25, 0.3) is 0 Å². The molecule has 28 heavy (non-hydrogen) atoms. The lowest BCUT2D eigenvalue weighted by molar-refractivity contribution is 0.0256. The first-order chi connectivity index (χ1) is 13.6. The van der Waals surface area contributed by atoms with Gasteiger partial charge in [-0.3, -0.25) is 5.01 Å². The number of hydrogen-bond acceptors (Lipinski definition) is 2. The van der Waals surface area contributed by atoms with Crippen molar-refractivity contribution in [1.82, 2.24) is 5.01 Å². The molecule has 1 aliphatic heterocycles. The van der Waals surface area contributed by atoms with Gasteiger partial charge in [0.1, 0.15) is 0 Å². The third-order valence-corrected chi connectivity index (χ3v) is 9.11. The second-order valence-corrected chi connectivity index (χ2v) is 11.2. The van der Waals surface area contributed by atoms with E-state index in [9.17, 15) is 0 Å². The maximum absolute atomic E-state index is 5.58. The summed E-state index contributed by atoms with van der Waals surface area (Å²) in [4.78, 5) is 0. The topological polar surface area (TPSA) is 15.6 Å². The van der Waals surface area contributed by atoms with Crippen molar-refractivity contribution >= 4 is 5.71 Å². The first-order valence-electron chi connectivity index (χ1n) is 12.9. The zero-order valence-electron chi connectivity index (χ0n) is 19.2. The Morgan fingerprint density at radius 1 is 0.821 bits per heavy atom. The highest BCUT2D eigenvalue weighted by molar-refractivity contribution is 5.91. The third kappa shape index (κ3) is 4.17. The van der Waals surface area contributed by atoms with E-state index in [-0.39, 0.29) is 0 Å².